The van der Waals surface area contributed by atoms with Crippen LogP contribution in [0.5, 0.6) is 11.6 Å². The summed E-state index contributed by atoms with van der Waals surface area (Å²) in [7, 11) is 0. The summed E-state index contributed by atoms with van der Waals surface area (Å²) in [4.78, 5) is 4.53. The molecule has 4 heteroatoms. The van der Waals surface area contributed by atoms with Gasteiger partial charge in [0.2, 0.25) is 5.88 Å². The van der Waals surface area contributed by atoms with Crippen LogP contribution in [0.25, 0.3) is 10.9 Å². The molecule has 0 aliphatic rings. The first-order valence-corrected chi connectivity index (χ1v) is 6.76. The van der Waals surface area contributed by atoms with E-state index in [-0.39, 0.29) is 6.61 Å². The lowest BCUT2D eigenvalue weighted by atomic mass is 10.1. The second-order valence-corrected chi connectivity index (χ2v) is 4.76. The molecule has 1 heterocycles. The van der Waals surface area contributed by atoms with Gasteiger partial charge in [0.25, 0.3) is 0 Å². The van der Waals surface area contributed by atoms with E-state index in [2.05, 4.69) is 4.98 Å². The molecule has 0 aliphatic carbocycles. The van der Waals surface area contributed by atoms with Crippen molar-refractivity contribution in [2.75, 3.05) is 0 Å². The van der Waals surface area contributed by atoms with Gasteiger partial charge in [-0.25, -0.2) is 4.98 Å². The third-order valence-corrected chi connectivity index (χ3v) is 3.28. The highest BCUT2D eigenvalue weighted by molar-refractivity contribution is 5.80. The van der Waals surface area contributed by atoms with Gasteiger partial charge in [-0.2, -0.15) is 0 Å². The largest absolute Gasteiger partial charge is 0.439 e. The molecule has 0 radical (unpaired) electrons. The van der Waals surface area contributed by atoms with Crippen molar-refractivity contribution in [3.63, 3.8) is 0 Å². The van der Waals surface area contributed by atoms with Crippen molar-refractivity contribution in [3.8, 4) is 11.6 Å². The lowest BCUT2D eigenvalue weighted by Crippen LogP contribution is -2.02. The number of para-hydroxylation sites is 1. The molecule has 21 heavy (non-hydrogen) atoms. The quantitative estimate of drug-likeness (QED) is 0.771. The molecular formula is C17H16N2O2. The molecule has 3 rings (SSSR count). The second kappa shape index (κ2) is 5.91. The maximum absolute atomic E-state index is 9.18. The molecular weight excluding hydrogens is 264 g/mol. The van der Waals surface area contributed by atoms with Crippen LogP contribution in [-0.2, 0) is 13.2 Å². The van der Waals surface area contributed by atoms with Crippen LogP contribution in [0, 0.1) is 0 Å². The van der Waals surface area contributed by atoms with Crippen LogP contribution < -0.4 is 10.5 Å². The Labute approximate surface area is 122 Å². The van der Waals surface area contributed by atoms with E-state index in [1.54, 1.807) is 6.07 Å². The lowest BCUT2D eigenvalue weighted by Gasteiger charge is -2.11. The molecule has 0 atom stereocenters. The van der Waals surface area contributed by atoms with E-state index in [0.29, 0.717) is 18.2 Å². The van der Waals surface area contributed by atoms with Crippen molar-refractivity contribution in [2.45, 2.75) is 13.2 Å². The average molecular weight is 280 g/mol. The van der Waals surface area contributed by atoms with E-state index < -0.39 is 0 Å². The van der Waals surface area contributed by atoms with Gasteiger partial charge in [0.05, 0.1) is 12.1 Å². The number of nitrogens with zero attached hydrogens (tertiary/aromatic N) is 1. The van der Waals surface area contributed by atoms with Gasteiger partial charge in [-0.3, -0.25) is 0 Å². The van der Waals surface area contributed by atoms with Crippen LogP contribution in [0.15, 0.2) is 54.6 Å². The average Bonchev–Trinajstić information content (AvgIpc) is 2.54. The molecule has 0 bridgehead atoms. The van der Waals surface area contributed by atoms with Gasteiger partial charge >= 0.3 is 0 Å². The topological polar surface area (TPSA) is 68.4 Å². The minimum atomic E-state index is -0.0217. The zero-order chi connectivity index (χ0) is 14.7. The number of aromatic nitrogens is 1. The van der Waals surface area contributed by atoms with E-state index >= 15 is 0 Å². The molecule has 0 fully saturated rings. The predicted molar refractivity (Wildman–Crippen MR) is 82.1 cm³/mol. The Balaban J connectivity index is 2.02. The van der Waals surface area contributed by atoms with Crippen LogP contribution in [-0.4, -0.2) is 10.1 Å². The summed E-state index contributed by atoms with van der Waals surface area (Å²) < 4.78 is 5.85. The summed E-state index contributed by atoms with van der Waals surface area (Å²) in [5, 5.41) is 10.2. The summed E-state index contributed by atoms with van der Waals surface area (Å²) in [6.07, 6.45) is 0. The third-order valence-electron chi connectivity index (χ3n) is 3.28. The smallest absolute Gasteiger partial charge is 0.224 e. The minimum Gasteiger partial charge on any atom is -0.439 e. The Morgan fingerprint density at radius 2 is 1.90 bits per heavy atom. The predicted octanol–water partition coefficient (Wildman–Crippen LogP) is 2.98. The minimum absolute atomic E-state index is 0.0217. The molecule has 0 aliphatic heterocycles. The molecule has 0 amide bonds. The summed E-state index contributed by atoms with van der Waals surface area (Å²) >= 11 is 0. The number of nitrogens with two attached hydrogens (primary N) is 1. The van der Waals surface area contributed by atoms with Gasteiger partial charge in [0.1, 0.15) is 5.75 Å². The highest BCUT2D eigenvalue weighted by Crippen LogP contribution is 2.27. The maximum atomic E-state index is 9.18. The van der Waals surface area contributed by atoms with Gasteiger partial charge < -0.3 is 15.6 Å². The van der Waals surface area contributed by atoms with Gasteiger partial charge in [-0.05, 0) is 29.8 Å². The number of aliphatic hydroxyl groups excluding tert-OH is 1. The van der Waals surface area contributed by atoms with E-state index in [9.17, 15) is 5.11 Å². The Hall–Kier alpha value is -2.43. The van der Waals surface area contributed by atoms with Crippen LogP contribution >= 0.6 is 0 Å². The highest BCUT2D eigenvalue weighted by atomic mass is 16.5. The third kappa shape index (κ3) is 2.86. The number of rotatable bonds is 4. The van der Waals surface area contributed by atoms with Crippen LogP contribution in [0.1, 0.15) is 11.1 Å². The molecule has 4 nitrogen and oxygen atoms in total. The van der Waals surface area contributed by atoms with E-state index in [4.69, 9.17) is 10.5 Å². The van der Waals surface area contributed by atoms with Gasteiger partial charge in [0, 0.05) is 17.5 Å². The number of aliphatic hydroxyl groups is 1. The van der Waals surface area contributed by atoms with Crippen LogP contribution in [0.3, 0.4) is 0 Å². The molecule has 3 N–H and O–H groups in total. The van der Waals surface area contributed by atoms with Crippen LogP contribution in [0.2, 0.25) is 0 Å². The fourth-order valence-corrected chi connectivity index (χ4v) is 2.20. The molecule has 0 unspecified atom stereocenters. The maximum Gasteiger partial charge on any atom is 0.224 e. The zero-order valence-corrected chi connectivity index (χ0v) is 11.5. The van der Waals surface area contributed by atoms with Crippen molar-refractivity contribution in [2.24, 2.45) is 5.73 Å². The van der Waals surface area contributed by atoms with E-state index in [0.717, 1.165) is 22.0 Å². The van der Waals surface area contributed by atoms with Gasteiger partial charge in [0.15, 0.2) is 0 Å². The van der Waals surface area contributed by atoms with Crippen molar-refractivity contribution >= 4 is 10.9 Å². The molecule has 3 aromatic rings. The summed E-state index contributed by atoms with van der Waals surface area (Å²) in [6.45, 7) is 0.332. The van der Waals surface area contributed by atoms with Crippen molar-refractivity contribution < 1.29 is 9.84 Å². The van der Waals surface area contributed by atoms with Crippen molar-refractivity contribution in [3.05, 3.63) is 65.7 Å². The molecule has 0 saturated heterocycles. The molecule has 0 saturated carbocycles. The Morgan fingerprint density at radius 1 is 1.05 bits per heavy atom. The van der Waals surface area contributed by atoms with Gasteiger partial charge in [-0.1, -0.05) is 30.3 Å². The number of hydrogen-bond acceptors (Lipinski definition) is 4. The Morgan fingerprint density at radius 3 is 2.71 bits per heavy atom. The Kier molecular flexibility index (Phi) is 3.81. The number of ether oxygens (including phenoxy) is 1. The molecule has 1 aromatic heterocycles. The first-order chi connectivity index (χ1) is 10.3. The van der Waals surface area contributed by atoms with E-state index in [1.807, 2.05) is 48.5 Å². The fourth-order valence-electron chi connectivity index (χ4n) is 2.20. The lowest BCUT2D eigenvalue weighted by molar-refractivity contribution is 0.281. The summed E-state index contributed by atoms with van der Waals surface area (Å²) in [5.41, 5.74) is 8.30. The molecule has 2 aromatic carbocycles. The van der Waals surface area contributed by atoms with Crippen molar-refractivity contribution in [1.82, 2.24) is 4.98 Å². The summed E-state index contributed by atoms with van der Waals surface area (Å²) in [5.74, 6) is 1.14. The monoisotopic (exact) mass is 280 g/mol. The van der Waals surface area contributed by atoms with Crippen LogP contribution in [0.4, 0.5) is 0 Å². The second-order valence-electron chi connectivity index (χ2n) is 4.76. The molecule has 106 valence electrons. The first kappa shape index (κ1) is 13.5. The number of benzene rings is 2. The highest BCUT2D eigenvalue weighted by Gasteiger charge is 2.08. The number of hydrogen-bond donors (Lipinski definition) is 2. The van der Waals surface area contributed by atoms with Crippen molar-refractivity contribution in [1.29, 1.82) is 0 Å². The Bertz CT molecular complexity index is 772. The summed E-state index contributed by atoms with van der Waals surface area (Å²) in [6, 6.07) is 17.1. The number of fused-ring (bicyclic) bond motifs is 1. The first-order valence-electron chi connectivity index (χ1n) is 6.76. The standard InChI is InChI=1S/C17H16N2O2/c18-10-14-9-13-5-1-2-7-16(13)19-17(14)21-15-6-3-4-12(8-15)11-20/h1-9,20H,10-11,18H2. The number of pyridine rings is 1. The fraction of sp³-hybridized carbons (Fsp3) is 0.118. The zero-order valence-electron chi connectivity index (χ0n) is 11.5. The van der Waals surface area contributed by atoms with E-state index in [1.165, 1.54) is 0 Å². The molecule has 0 spiro atoms. The van der Waals surface area contributed by atoms with Gasteiger partial charge in [-0.15, -0.1) is 0 Å². The SMILES string of the molecule is NCc1cc2ccccc2nc1Oc1cccc(CO)c1. The normalized spacial score (nSPS) is 10.8.